The van der Waals surface area contributed by atoms with Crippen LogP contribution in [0, 0.1) is 0 Å². The van der Waals surface area contributed by atoms with Crippen molar-refractivity contribution < 1.29 is 17.6 Å². The SMILES string of the molecule is CCSc1ccnc(Cl)c1-c1nc2cc(SC(F)(F)F)ccc2o1. The predicted octanol–water partition coefficient (Wildman–Crippen LogP) is 6.27. The summed E-state index contributed by atoms with van der Waals surface area (Å²) in [7, 11) is 0. The van der Waals surface area contributed by atoms with Crippen molar-refractivity contribution in [2.24, 2.45) is 0 Å². The molecule has 2 heterocycles. The second-order valence-corrected chi connectivity index (χ2v) is 7.41. The lowest BCUT2D eigenvalue weighted by molar-refractivity contribution is -0.0328. The summed E-state index contributed by atoms with van der Waals surface area (Å²) in [6.45, 7) is 2.00. The molecule has 0 saturated carbocycles. The minimum atomic E-state index is -4.35. The molecule has 0 spiro atoms. The zero-order chi connectivity index (χ0) is 17.3. The molecule has 126 valence electrons. The highest BCUT2D eigenvalue weighted by Crippen LogP contribution is 2.40. The summed E-state index contributed by atoms with van der Waals surface area (Å²) in [6.07, 6.45) is 1.59. The number of pyridine rings is 1. The highest BCUT2D eigenvalue weighted by Gasteiger charge is 2.29. The summed E-state index contributed by atoms with van der Waals surface area (Å²) in [5.74, 6) is 1.06. The molecule has 24 heavy (non-hydrogen) atoms. The van der Waals surface area contributed by atoms with Crippen molar-refractivity contribution in [3.05, 3.63) is 35.6 Å². The molecule has 3 aromatic rings. The standard InChI is InChI=1S/C15H10ClF3N2OS2/c1-2-23-11-5-6-20-13(16)12(11)14-21-9-7-8(24-15(17,18)19)3-4-10(9)22-14/h3-7H,2H2,1H3. The third kappa shape index (κ3) is 3.81. The molecule has 0 amide bonds. The highest BCUT2D eigenvalue weighted by molar-refractivity contribution is 8.00. The number of thioether (sulfide) groups is 2. The first kappa shape index (κ1) is 17.4. The summed E-state index contributed by atoms with van der Waals surface area (Å²) < 4.78 is 43.1. The molecule has 0 aliphatic rings. The van der Waals surface area contributed by atoms with E-state index in [9.17, 15) is 13.2 Å². The van der Waals surface area contributed by atoms with Crippen LogP contribution in [-0.4, -0.2) is 21.2 Å². The molecular weight excluding hydrogens is 381 g/mol. The van der Waals surface area contributed by atoms with E-state index < -0.39 is 5.51 Å². The monoisotopic (exact) mass is 390 g/mol. The van der Waals surface area contributed by atoms with Crippen LogP contribution in [0.4, 0.5) is 13.2 Å². The highest BCUT2D eigenvalue weighted by atomic mass is 35.5. The minimum absolute atomic E-state index is 0.0512. The topological polar surface area (TPSA) is 38.9 Å². The van der Waals surface area contributed by atoms with Gasteiger partial charge in [0.25, 0.3) is 0 Å². The Hall–Kier alpha value is -1.38. The Balaban J connectivity index is 2.06. The summed E-state index contributed by atoms with van der Waals surface area (Å²) in [6, 6.07) is 5.96. The van der Waals surface area contributed by atoms with Gasteiger partial charge in [0.05, 0.1) is 5.56 Å². The van der Waals surface area contributed by atoms with Gasteiger partial charge in [0, 0.05) is 16.0 Å². The number of fused-ring (bicyclic) bond motifs is 1. The molecular formula is C15H10ClF3N2OS2. The van der Waals surface area contributed by atoms with Crippen LogP contribution in [0.15, 0.2) is 44.7 Å². The fourth-order valence-corrected chi connectivity index (χ4v) is 3.77. The number of hydrogen-bond donors (Lipinski definition) is 0. The Kier molecular flexibility index (Phi) is 4.98. The van der Waals surface area contributed by atoms with Gasteiger partial charge in [-0.25, -0.2) is 9.97 Å². The number of benzene rings is 1. The summed E-state index contributed by atoms with van der Waals surface area (Å²) in [5, 5.41) is 0.241. The number of alkyl halides is 3. The normalized spacial score (nSPS) is 12.0. The number of aromatic nitrogens is 2. The van der Waals surface area contributed by atoms with Crippen LogP contribution in [-0.2, 0) is 0 Å². The fraction of sp³-hybridized carbons (Fsp3) is 0.200. The van der Waals surface area contributed by atoms with E-state index in [0.717, 1.165) is 10.6 Å². The second kappa shape index (κ2) is 6.85. The summed E-state index contributed by atoms with van der Waals surface area (Å²) >= 11 is 7.53. The average Bonchev–Trinajstić information content (AvgIpc) is 2.88. The summed E-state index contributed by atoms with van der Waals surface area (Å²) in [4.78, 5) is 9.23. The Bertz CT molecular complexity index is 883. The van der Waals surface area contributed by atoms with Crippen LogP contribution in [0.25, 0.3) is 22.6 Å². The number of oxazole rings is 1. The zero-order valence-electron chi connectivity index (χ0n) is 12.2. The van der Waals surface area contributed by atoms with Crippen LogP contribution >= 0.6 is 35.1 Å². The van der Waals surface area contributed by atoms with Crippen molar-refractivity contribution in [1.29, 1.82) is 0 Å². The second-order valence-electron chi connectivity index (χ2n) is 4.60. The Morgan fingerprint density at radius 2 is 2.04 bits per heavy atom. The van der Waals surface area contributed by atoms with E-state index in [1.54, 1.807) is 24.0 Å². The molecule has 1 aromatic carbocycles. The van der Waals surface area contributed by atoms with Crippen molar-refractivity contribution in [3.8, 4) is 11.5 Å². The van der Waals surface area contributed by atoms with Crippen molar-refractivity contribution in [3.63, 3.8) is 0 Å². The Morgan fingerprint density at radius 1 is 1.25 bits per heavy atom. The molecule has 0 saturated heterocycles. The molecule has 0 bridgehead atoms. The van der Waals surface area contributed by atoms with Gasteiger partial charge in [0.1, 0.15) is 10.7 Å². The van der Waals surface area contributed by atoms with E-state index in [2.05, 4.69) is 9.97 Å². The van der Waals surface area contributed by atoms with Crippen LogP contribution in [0.1, 0.15) is 6.92 Å². The predicted molar refractivity (Wildman–Crippen MR) is 90.6 cm³/mol. The molecule has 0 aliphatic heterocycles. The van der Waals surface area contributed by atoms with Crippen molar-refractivity contribution in [2.75, 3.05) is 5.75 Å². The van der Waals surface area contributed by atoms with Gasteiger partial charge >= 0.3 is 5.51 Å². The van der Waals surface area contributed by atoms with E-state index in [0.29, 0.717) is 16.7 Å². The van der Waals surface area contributed by atoms with Crippen molar-refractivity contribution >= 4 is 46.2 Å². The van der Waals surface area contributed by atoms with Crippen LogP contribution in [0.5, 0.6) is 0 Å². The molecule has 3 rings (SSSR count). The quantitative estimate of drug-likeness (QED) is 0.388. The van der Waals surface area contributed by atoms with Crippen LogP contribution in [0.3, 0.4) is 0 Å². The first-order valence-electron chi connectivity index (χ1n) is 6.81. The third-order valence-electron chi connectivity index (χ3n) is 2.97. The van der Waals surface area contributed by atoms with E-state index in [-0.39, 0.29) is 27.7 Å². The van der Waals surface area contributed by atoms with Crippen molar-refractivity contribution in [1.82, 2.24) is 9.97 Å². The molecule has 0 fully saturated rings. The molecule has 0 atom stereocenters. The maximum atomic E-state index is 12.5. The van der Waals surface area contributed by atoms with E-state index in [4.69, 9.17) is 16.0 Å². The number of nitrogens with zero attached hydrogens (tertiary/aromatic N) is 2. The van der Waals surface area contributed by atoms with Gasteiger partial charge in [0.2, 0.25) is 5.89 Å². The lowest BCUT2D eigenvalue weighted by Gasteiger charge is -2.05. The van der Waals surface area contributed by atoms with Gasteiger partial charge in [-0.2, -0.15) is 13.2 Å². The smallest absolute Gasteiger partial charge is 0.436 e. The van der Waals surface area contributed by atoms with Gasteiger partial charge in [-0.15, -0.1) is 11.8 Å². The largest absolute Gasteiger partial charge is 0.446 e. The number of hydrogen-bond acceptors (Lipinski definition) is 5. The summed E-state index contributed by atoms with van der Waals surface area (Å²) in [5.41, 5.74) is -3.07. The van der Waals surface area contributed by atoms with Gasteiger partial charge in [-0.1, -0.05) is 18.5 Å². The van der Waals surface area contributed by atoms with Crippen LogP contribution < -0.4 is 0 Å². The molecule has 9 heteroatoms. The van der Waals surface area contributed by atoms with Gasteiger partial charge < -0.3 is 4.42 Å². The average molecular weight is 391 g/mol. The lowest BCUT2D eigenvalue weighted by atomic mass is 10.3. The zero-order valence-corrected chi connectivity index (χ0v) is 14.6. The molecule has 3 nitrogen and oxygen atoms in total. The fourth-order valence-electron chi connectivity index (χ4n) is 2.10. The lowest BCUT2D eigenvalue weighted by Crippen LogP contribution is -1.98. The van der Waals surface area contributed by atoms with Gasteiger partial charge in [-0.3, -0.25) is 0 Å². The molecule has 0 N–H and O–H groups in total. The number of rotatable bonds is 4. The van der Waals surface area contributed by atoms with Crippen LogP contribution in [0.2, 0.25) is 5.15 Å². The van der Waals surface area contributed by atoms with Gasteiger partial charge in [-0.05, 0) is 41.8 Å². The van der Waals surface area contributed by atoms with Gasteiger partial charge in [0.15, 0.2) is 5.58 Å². The third-order valence-corrected chi connectivity index (χ3v) is 4.92. The number of halogens is 4. The van der Waals surface area contributed by atoms with E-state index in [1.807, 2.05) is 6.92 Å². The van der Waals surface area contributed by atoms with E-state index >= 15 is 0 Å². The molecule has 0 radical (unpaired) electrons. The molecule has 0 unspecified atom stereocenters. The molecule has 0 aliphatic carbocycles. The first-order valence-corrected chi connectivity index (χ1v) is 8.99. The van der Waals surface area contributed by atoms with Crippen molar-refractivity contribution in [2.45, 2.75) is 22.2 Å². The maximum Gasteiger partial charge on any atom is 0.446 e. The maximum absolute atomic E-state index is 12.5. The minimum Gasteiger partial charge on any atom is -0.436 e. The Morgan fingerprint density at radius 3 is 2.75 bits per heavy atom. The van der Waals surface area contributed by atoms with E-state index in [1.165, 1.54) is 18.2 Å². The molecule has 2 aromatic heterocycles. The first-order chi connectivity index (χ1) is 11.4. The Labute approximate surface area is 149 Å².